The number of benzene rings is 2. The number of nitrogens with zero attached hydrogens (tertiary/aromatic N) is 2. The Morgan fingerprint density at radius 3 is 2.32 bits per heavy atom. The molecule has 0 unspecified atom stereocenters. The van der Waals surface area contributed by atoms with Crippen LogP contribution in [0.4, 0.5) is 5.69 Å². The molecule has 0 spiro atoms. The second-order valence-electron chi connectivity index (χ2n) is 9.03. The van der Waals surface area contributed by atoms with Gasteiger partial charge in [-0.1, -0.05) is 49.7 Å². The van der Waals surface area contributed by atoms with Crippen LogP contribution < -0.4 is 9.62 Å². The fourth-order valence-corrected chi connectivity index (χ4v) is 4.56. The Labute approximate surface area is 208 Å². The van der Waals surface area contributed by atoms with Gasteiger partial charge in [0.1, 0.15) is 12.6 Å². The van der Waals surface area contributed by atoms with Crippen LogP contribution in [0.1, 0.15) is 37.5 Å². The van der Waals surface area contributed by atoms with Crippen molar-refractivity contribution in [1.29, 1.82) is 0 Å². The number of hydrogen-bond donors (Lipinski definition) is 1. The van der Waals surface area contributed by atoms with E-state index in [2.05, 4.69) is 5.32 Å². The van der Waals surface area contributed by atoms with Gasteiger partial charge in [-0.15, -0.1) is 0 Å². The van der Waals surface area contributed by atoms with Crippen molar-refractivity contribution in [2.75, 3.05) is 23.7 Å². The van der Waals surface area contributed by atoms with Crippen molar-refractivity contribution < 1.29 is 18.0 Å². The molecule has 0 saturated heterocycles. The largest absolute Gasteiger partial charge is 0.354 e. The van der Waals surface area contributed by atoms with Crippen LogP contribution in [0.25, 0.3) is 0 Å². The fraction of sp³-hybridized carbons (Fsp3) is 0.440. The van der Waals surface area contributed by atoms with Crippen molar-refractivity contribution in [2.24, 2.45) is 5.92 Å². The van der Waals surface area contributed by atoms with E-state index < -0.39 is 28.5 Å². The topological polar surface area (TPSA) is 86.8 Å². The minimum absolute atomic E-state index is 0.111. The molecule has 0 aliphatic rings. The van der Waals surface area contributed by atoms with Crippen LogP contribution in [-0.2, 0) is 26.2 Å². The van der Waals surface area contributed by atoms with E-state index >= 15 is 0 Å². The van der Waals surface area contributed by atoms with Crippen LogP contribution in [0.15, 0.2) is 42.5 Å². The highest BCUT2D eigenvalue weighted by Crippen LogP contribution is 2.24. The van der Waals surface area contributed by atoms with Gasteiger partial charge in [-0.2, -0.15) is 0 Å². The first-order valence-corrected chi connectivity index (χ1v) is 13.4. The SMILES string of the molecule is Cc1ccc(C)c(N(CC(=O)N(Cc2cccc(Cl)c2)[C@@H](C)C(=O)NCC(C)C)S(C)(=O)=O)c1. The molecule has 2 amide bonds. The molecular weight excluding hydrogens is 474 g/mol. The minimum atomic E-state index is -3.77. The zero-order valence-electron chi connectivity index (χ0n) is 20.6. The van der Waals surface area contributed by atoms with Crippen molar-refractivity contribution in [1.82, 2.24) is 10.2 Å². The van der Waals surface area contributed by atoms with E-state index in [1.165, 1.54) is 4.90 Å². The van der Waals surface area contributed by atoms with Gasteiger partial charge in [-0.3, -0.25) is 13.9 Å². The highest BCUT2D eigenvalue weighted by molar-refractivity contribution is 7.92. The zero-order chi connectivity index (χ0) is 25.6. The van der Waals surface area contributed by atoms with E-state index in [0.29, 0.717) is 17.3 Å². The lowest BCUT2D eigenvalue weighted by Crippen LogP contribution is -2.51. The fourth-order valence-electron chi connectivity index (χ4n) is 3.45. The minimum Gasteiger partial charge on any atom is -0.354 e. The van der Waals surface area contributed by atoms with Gasteiger partial charge in [0.15, 0.2) is 0 Å². The zero-order valence-corrected chi connectivity index (χ0v) is 22.2. The van der Waals surface area contributed by atoms with Crippen molar-refractivity contribution in [3.8, 4) is 0 Å². The van der Waals surface area contributed by atoms with E-state index in [-0.39, 0.29) is 18.4 Å². The highest BCUT2D eigenvalue weighted by Gasteiger charge is 2.30. The van der Waals surface area contributed by atoms with E-state index in [1.54, 1.807) is 38.1 Å². The van der Waals surface area contributed by atoms with Crippen LogP contribution in [0, 0.1) is 19.8 Å². The Bertz CT molecular complexity index is 1130. The lowest BCUT2D eigenvalue weighted by Gasteiger charge is -2.32. The number of rotatable bonds is 10. The summed E-state index contributed by atoms with van der Waals surface area (Å²) in [7, 11) is -3.77. The lowest BCUT2D eigenvalue weighted by atomic mass is 10.1. The Kier molecular flexibility index (Phi) is 9.53. The average molecular weight is 508 g/mol. The lowest BCUT2D eigenvalue weighted by molar-refractivity contribution is -0.139. The van der Waals surface area contributed by atoms with Gasteiger partial charge < -0.3 is 10.2 Å². The molecule has 0 heterocycles. The highest BCUT2D eigenvalue weighted by atomic mass is 35.5. The maximum atomic E-state index is 13.6. The molecule has 1 N–H and O–H groups in total. The number of carbonyl (C=O) groups excluding carboxylic acids is 2. The first kappa shape index (κ1) is 27.7. The van der Waals surface area contributed by atoms with Gasteiger partial charge in [0.2, 0.25) is 21.8 Å². The number of anilines is 1. The second-order valence-corrected chi connectivity index (χ2v) is 11.4. The number of carbonyl (C=O) groups is 2. The summed E-state index contributed by atoms with van der Waals surface area (Å²) in [4.78, 5) is 27.8. The maximum absolute atomic E-state index is 13.6. The standard InChI is InChI=1S/C25H34ClN3O4S/c1-17(2)14-27-25(31)20(5)28(15-21-8-7-9-22(26)13-21)24(30)16-29(34(6,32)33)23-12-18(3)10-11-19(23)4/h7-13,17,20H,14-16H2,1-6H3,(H,27,31)/t20-/m0/s1. The molecule has 7 nitrogen and oxygen atoms in total. The van der Waals surface area contributed by atoms with Crippen LogP contribution in [0.5, 0.6) is 0 Å². The molecule has 0 aliphatic heterocycles. The summed E-state index contributed by atoms with van der Waals surface area (Å²) < 4.78 is 26.5. The van der Waals surface area contributed by atoms with Crippen molar-refractivity contribution in [2.45, 2.75) is 47.2 Å². The van der Waals surface area contributed by atoms with Crippen LogP contribution in [0.2, 0.25) is 5.02 Å². The first-order valence-electron chi connectivity index (χ1n) is 11.2. The predicted molar refractivity (Wildman–Crippen MR) is 137 cm³/mol. The summed E-state index contributed by atoms with van der Waals surface area (Å²) in [5.74, 6) is -0.543. The van der Waals surface area contributed by atoms with E-state index in [9.17, 15) is 18.0 Å². The number of nitrogens with one attached hydrogen (secondary N) is 1. The molecule has 0 saturated carbocycles. The summed E-state index contributed by atoms with van der Waals surface area (Å²) in [6.07, 6.45) is 1.07. The molecule has 9 heteroatoms. The van der Waals surface area contributed by atoms with Gasteiger partial charge >= 0.3 is 0 Å². The molecular formula is C25H34ClN3O4S. The summed E-state index contributed by atoms with van der Waals surface area (Å²) in [5, 5.41) is 3.36. The van der Waals surface area contributed by atoms with Gasteiger partial charge in [-0.05, 0) is 61.6 Å². The van der Waals surface area contributed by atoms with Crippen molar-refractivity contribution in [3.05, 3.63) is 64.2 Å². The molecule has 0 bridgehead atoms. The average Bonchev–Trinajstić information content (AvgIpc) is 2.74. The predicted octanol–water partition coefficient (Wildman–Crippen LogP) is 3.91. The molecule has 2 aromatic rings. The number of amides is 2. The molecule has 34 heavy (non-hydrogen) atoms. The third-order valence-electron chi connectivity index (χ3n) is 5.41. The van der Waals surface area contributed by atoms with Crippen LogP contribution >= 0.6 is 11.6 Å². The third-order valence-corrected chi connectivity index (χ3v) is 6.77. The Balaban J connectivity index is 2.41. The van der Waals surface area contributed by atoms with E-state index in [1.807, 2.05) is 39.0 Å². The van der Waals surface area contributed by atoms with Gasteiger partial charge in [0.25, 0.3) is 0 Å². The monoisotopic (exact) mass is 507 g/mol. The first-order chi connectivity index (χ1) is 15.8. The summed E-state index contributed by atoms with van der Waals surface area (Å²) in [6, 6.07) is 11.6. The molecule has 1 atom stereocenters. The molecule has 2 aromatic carbocycles. The Morgan fingerprint density at radius 2 is 1.74 bits per heavy atom. The van der Waals surface area contributed by atoms with E-state index in [0.717, 1.165) is 27.3 Å². The molecule has 0 fully saturated rings. The van der Waals surface area contributed by atoms with Crippen LogP contribution in [0.3, 0.4) is 0 Å². The normalized spacial score (nSPS) is 12.4. The summed E-state index contributed by atoms with van der Waals surface area (Å²) in [5.41, 5.74) is 2.78. The van der Waals surface area contributed by atoms with Crippen LogP contribution in [-0.4, -0.2) is 50.5 Å². The van der Waals surface area contributed by atoms with Gasteiger partial charge in [0.05, 0.1) is 11.9 Å². The number of halogens is 1. The second kappa shape index (κ2) is 11.7. The smallest absolute Gasteiger partial charge is 0.244 e. The molecule has 0 aliphatic carbocycles. The third kappa shape index (κ3) is 7.74. The maximum Gasteiger partial charge on any atom is 0.244 e. The molecule has 0 radical (unpaired) electrons. The number of hydrogen-bond acceptors (Lipinski definition) is 4. The van der Waals surface area contributed by atoms with Crippen molar-refractivity contribution in [3.63, 3.8) is 0 Å². The van der Waals surface area contributed by atoms with E-state index in [4.69, 9.17) is 11.6 Å². The number of aryl methyl sites for hydroxylation is 2. The Hall–Kier alpha value is -2.58. The Morgan fingerprint density at radius 1 is 1.06 bits per heavy atom. The summed E-state index contributed by atoms with van der Waals surface area (Å²) in [6.45, 7) is 9.41. The molecule has 0 aromatic heterocycles. The van der Waals surface area contributed by atoms with Gasteiger partial charge in [-0.25, -0.2) is 8.42 Å². The molecule has 2 rings (SSSR count). The van der Waals surface area contributed by atoms with Crippen molar-refractivity contribution >= 4 is 39.1 Å². The van der Waals surface area contributed by atoms with Gasteiger partial charge in [0, 0.05) is 18.1 Å². The summed E-state index contributed by atoms with van der Waals surface area (Å²) >= 11 is 6.12. The quantitative estimate of drug-likeness (QED) is 0.528. The number of sulfonamides is 1. The molecule has 186 valence electrons.